The van der Waals surface area contributed by atoms with E-state index in [-0.39, 0.29) is 5.04 Å². The Hall–Kier alpha value is -0.0731. The first-order valence-corrected chi connectivity index (χ1v) is 11.6. The van der Waals surface area contributed by atoms with Crippen LogP contribution in [0.5, 0.6) is 0 Å². The van der Waals surface area contributed by atoms with E-state index in [9.17, 15) is 0 Å². The van der Waals surface area contributed by atoms with E-state index in [1.807, 2.05) is 12.1 Å². The van der Waals surface area contributed by atoms with Gasteiger partial charge in [-0.05, 0) is 46.2 Å². The smallest absolute Gasteiger partial charge is 0.192 e. The number of nitrogens with zero attached hydrogens (tertiary/aromatic N) is 2. The Balaban J connectivity index is 2.17. The van der Waals surface area contributed by atoms with Crippen LogP contribution >= 0.6 is 39.1 Å². The SMILES string of the molecule is CC(C)(C)[Si](C)(C)OCCn1nc2ccc(Br)c(Cl)c2c1Cl. The number of rotatable bonds is 4. The molecule has 122 valence electrons. The van der Waals surface area contributed by atoms with Gasteiger partial charge < -0.3 is 4.43 Å². The van der Waals surface area contributed by atoms with Gasteiger partial charge in [0.1, 0.15) is 5.15 Å². The zero-order valence-corrected chi connectivity index (χ0v) is 17.6. The normalized spacial score (nSPS) is 13.1. The van der Waals surface area contributed by atoms with Crippen molar-refractivity contribution in [1.82, 2.24) is 9.78 Å². The van der Waals surface area contributed by atoms with Crippen LogP contribution in [-0.2, 0) is 11.0 Å². The largest absolute Gasteiger partial charge is 0.415 e. The molecular formula is C15H21BrCl2N2OSi. The van der Waals surface area contributed by atoms with Gasteiger partial charge in [-0.15, -0.1) is 0 Å². The molecule has 0 N–H and O–H groups in total. The molecule has 1 aromatic carbocycles. The molecule has 0 spiro atoms. The monoisotopic (exact) mass is 422 g/mol. The standard InChI is InChI=1S/C15H21BrCl2N2OSi/c1-15(2,3)22(4,5)21-9-8-20-14(18)12-11(19-20)7-6-10(16)13(12)17/h6-7H,8-9H2,1-5H3. The molecule has 0 aliphatic carbocycles. The van der Waals surface area contributed by atoms with Gasteiger partial charge in [0, 0.05) is 4.47 Å². The van der Waals surface area contributed by atoms with Crippen molar-refractivity contribution in [3.05, 3.63) is 26.8 Å². The number of hydrogen-bond acceptors (Lipinski definition) is 2. The van der Waals surface area contributed by atoms with Crippen molar-refractivity contribution in [2.75, 3.05) is 6.61 Å². The molecule has 0 saturated heterocycles. The number of fused-ring (bicyclic) bond motifs is 1. The molecule has 3 nitrogen and oxygen atoms in total. The van der Waals surface area contributed by atoms with Crippen LogP contribution in [0.2, 0.25) is 28.3 Å². The summed E-state index contributed by atoms with van der Waals surface area (Å²) in [5.74, 6) is 0. The minimum absolute atomic E-state index is 0.194. The van der Waals surface area contributed by atoms with E-state index < -0.39 is 8.32 Å². The van der Waals surface area contributed by atoms with Crippen molar-refractivity contribution in [2.24, 2.45) is 0 Å². The van der Waals surface area contributed by atoms with Crippen LogP contribution in [0.15, 0.2) is 16.6 Å². The van der Waals surface area contributed by atoms with E-state index in [0.717, 1.165) is 15.4 Å². The molecule has 0 unspecified atom stereocenters. The number of hydrogen-bond donors (Lipinski definition) is 0. The third-order valence-corrected chi connectivity index (χ3v) is 10.5. The first kappa shape index (κ1) is 18.3. The van der Waals surface area contributed by atoms with Crippen molar-refractivity contribution in [3.8, 4) is 0 Å². The molecule has 0 amide bonds. The second-order valence-corrected chi connectivity index (χ2v) is 13.3. The van der Waals surface area contributed by atoms with Gasteiger partial charge >= 0.3 is 0 Å². The van der Waals surface area contributed by atoms with Gasteiger partial charge in [-0.2, -0.15) is 5.10 Å². The number of benzene rings is 1. The summed E-state index contributed by atoms with van der Waals surface area (Å²) in [5.41, 5.74) is 0.797. The molecule has 0 fully saturated rings. The van der Waals surface area contributed by atoms with Gasteiger partial charge in [0.25, 0.3) is 0 Å². The van der Waals surface area contributed by atoms with Gasteiger partial charge in [-0.3, -0.25) is 4.68 Å². The highest BCUT2D eigenvalue weighted by molar-refractivity contribution is 9.10. The van der Waals surface area contributed by atoms with Gasteiger partial charge in [0.2, 0.25) is 0 Å². The molecular weight excluding hydrogens is 403 g/mol. The molecule has 0 radical (unpaired) electrons. The highest BCUT2D eigenvalue weighted by Gasteiger charge is 2.36. The second kappa shape index (κ2) is 6.44. The average Bonchev–Trinajstić information content (AvgIpc) is 2.70. The molecule has 1 aromatic heterocycles. The van der Waals surface area contributed by atoms with Crippen molar-refractivity contribution >= 4 is 58.4 Å². The fourth-order valence-corrected chi connectivity index (χ4v) is 3.85. The highest BCUT2D eigenvalue weighted by Crippen LogP contribution is 2.37. The highest BCUT2D eigenvalue weighted by atomic mass is 79.9. The van der Waals surface area contributed by atoms with E-state index in [0.29, 0.717) is 23.3 Å². The van der Waals surface area contributed by atoms with Gasteiger partial charge in [-0.1, -0.05) is 44.0 Å². The molecule has 2 aromatic rings. The van der Waals surface area contributed by atoms with Crippen molar-refractivity contribution < 1.29 is 4.43 Å². The lowest BCUT2D eigenvalue weighted by Crippen LogP contribution is -2.41. The Morgan fingerprint density at radius 3 is 2.50 bits per heavy atom. The number of aromatic nitrogens is 2. The van der Waals surface area contributed by atoms with Crippen LogP contribution in [0.1, 0.15) is 20.8 Å². The molecule has 0 atom stereocenters. The van der Waals surface area contributed by atoms with Crippen molar-refractivity contribution in [3.63, 3.8) is 0 Å². The zero-order valence-electron chi connectivity index (χ0n) is 13.5. The fourth-order valence-electron chi connectivity index (χ4n) is 1.87. The maximum absolute atomic E-state index is 6.43. The van der Waals surface area contributed by atoms with E-state index in [2.05, 4.69) is 54.9 Å². The lowest BCUT2D eigenvalue weighted by molar-refractivity contribution is 0.266. The van der Waals surface area contributed by atoms with Crippen LogP contribution < -0.4 is 0 Å². The maximum atomic E-state index is 6.43. The van der Waals surface area contributed by atoms with Crippen molar-refractivity contribution in [1.29, 1.82) is 0 Å². The van der Waals surface area contributed by atoms with Crippen LogP contribution in [0.3, 0.4) is 0 Å². The fraction of sp³-hybridized carbons (Fsp3) is 0.533. The summed E-state index contributed by atoms with van der Waals surface area (Å²) in [7, 11) is -1.75. The second-order valence-electron chi connectivity index (χ2n) is 6.88. The predicted octanol–water partition coefficient (Wildman–Crippen LogP) is 6.13. The Morgan fingerprint density at radius 1 is 1.27 bits per heavy atom. The molecule has 0 aliphatic heterocycles. The molecule has 2 rings (SSSR count). The third-order valence-electron chi connectivity index (χ3n) is 4.31. The Bertz CT molecular complexity index is 695. The van der Waals surface area contributed by atoms with Gasteiger partial charge in [0.15, 0.2) is 8.32 Å². The summed E-state index contributed by atoms with van der Waals surface area (Å²) in [5, 5.41) is 6.64. The summed E-state index contributed by atoms with van der Waals surface area (Å²) in [4.78, 5) is 0. The first-order chi connectivity index (χ1) is 10.0. The lowest BCUT2D eigenvalue weighted by atomic mass is 10.2. The molecule has 1 heterocycles. The van der Waals surface area contributed by atoms with Gasteiger partial charge in [0.05, 0.1) is 29.1 Å². The number of halogens is 3. The van der Waals surface area contributed by atoms with E-state index >= 15 is 0 Å². The van der Waals surface area contributed by atoms with E-state index in [4.69, 9.17) is 27.6 Å². The summed E-state index contributed by atoms with van der Waals surface area (Å²) >= 11 is 16.1. The molecule has 22 heavy (non-hydrogen) atoms. The minimum Gasteiger partial charge on any atom is -0.415 e. The molecule has 0 aliphatic rings. The molecule has 0 saturated carbocycles. The Kier molecular flexibility index (Phi) is 5.35. The average molecular weight is 424 g/mol. The summed E-state index contributed by atoms with van der Waals surface area (Å²) < 4.78 is 8.76. The molecule has 0 bridgehead atoms. The Morgan fingerprint density at radius 2 is 1.91 bits per heavy atom. The predicted molar refractivity (Wildman–Crippen MR) is 101 cm³/mol. The quantitative estimate of drug-likeness (QED) is 0.553. The van der Waals surface area contributed by atoms with Gasteiger partial charge in [-0.25, -0.2) is 0 Å². The van der Waals surface area contributed by atoms with Crippen LogP contribution in [0, 0.1) is 0 Å². The topological polar surface area (TPSA) is 27.1 Å². The van der Waals surface area contributed by atoms with E-state index in [1.165, 1.54) is 0 Å². The lowest BCUT2D eigenvalue weighted by Gasteiger charge is -2.36. The Labute approximate surface area is 151 Å². The molecule has 7 heteroatoms. The summed E-state index contributed by atoms with van der Waals surface area (Å²) in [6.45, 7) is 12.4. The van der Waals surface area contributed by atoms with Crippen molar-refractivity contribution in [2.45, 2.75) is 45.4 Å². The minimum atomic E-state index is -1.75. The third kappa shape index (κ3) is 3.54. The van der Waals surface area contributed by atoms with Crippen LogP contribution in [0.25, 0.3) is 10.9 Å². The summed E-state index contributed by atoms with van der Waals surface area (Å²) in [6, 6.07) is 3.78. The van der Waals surface area contributed by atoms with Crippen LogP contribution in [-0.4, -0.2) is 24.7 Å². The van der Waals surface area contributed by atoms with E-state index in [1.54, 1.807) is 4.68 Å². The first-order valence-electron chi connectivity index (χ1n) is 7.18. The summed E-state index contributed by atoms with van der Waals surface area (Å²) in [6.07, 6.45) is 0. The maximum Gasteiger partial charge on any atom is 0.192 e. The van der Waals surface area contributed by atoms with Crippen LogP contribution in [0.4, 0.5) is 0 Å². The zero-order chi connectivity index (χ0) is 16.7.